The highest BCUT2D eigenvalue weighted by atomic mass is 35.5. The van der Waals surface area contributed by atoms with Crippen LogP contribution in [0, 0.1) is 11.8 Å². The summed E-state index contributed by atoms with van der Waals surface area (Å²) in [5.74, 6) is -2.66. The molecular formula is C16H17ClNO3-. The Morgan fingerprint density at radius 1 is 1.24 bits per heavy atom. The number of hydrogen-bond acceptors (Lipinski definition) is 3. The zero-order valence-corrected chi connectivity index (χ0v) is 12.3. The van der Waals surface area contributed by atoms with E-state index in [1.165, 1.54) is 0 Å². The number of benzene rings is 1. The number of nitrogens with one attached hydrogen (secondary N) is 1. The molecule has 1 aromatic carbocycles. The Morgan fingerprint density at radius 3 is 2.62 bits per heavy atom. The third kappa shape index (κ3) is 4.33. The van der Waals surface area contributed by atoms with E-state index in [2.05, 4.69) is 5.32 Å². The first kappa shape index (κ1) is 15.6. The van der Waals surface area contributed by atoms with Gasteiger partial charge in [-0.1, -0.05) is 35.9 Å². The summed E-state index contributed by atoms with van der Waals surface area (Å²) in [5.41, 5.74) is 1.03. The van der Waals surface area contributed by atoms with Crippen LogP contribution in [0.5, 0.6) is 0 Å². The van der Waals surface area contributed by atoms with E-state index in [0.29, 0.717) is 30.8 Å². The molecule has 0 heterocycles. The molecular weight excluding hydrogens is 290 g/mol. The highest BCUT2D eigenvalue weighted by Gasteiger charge is 2.29. The molecule has 2 atom stereocenters. The number of carbonyl (C=O) groups is 2. The Bertz CT molecular complexity index is 556. The zero-order chi connectivity index (χ0) is 15.2. The summed E-state index contributed by atoms with van der Waals surface area (Å²) in [5, 5.41) is 14.5. The van der Waals surface area contributed by atoms with E-state index in [1.807, 2.05) is 24.3 Å². The molecule has 1 N–H and O–H groups in total. The van der Waals surface area contributed by atoms with Crippen molar-refractivity contribution in [2.45, 2.75) is 19.3 Å². The molecule has 1 aliphatic rings. The highest BCUT2D eigenvalue weighted by Crippen LogP contribution is 2.25. The van der Waals surface area contributed by atoms with Gasteiger partial charge < -0.3 is 15.2 Å². The van der Waals surface area contributed by atoms with Crippen LogP contribution < -0.4 is 10.4 Å². The Labute approximate surface area is 128 Å². The van der Waals surface area contributed by atoms with Crippen LogP contribution >= 0.6 is 11.6 Å². The summed E-state index contributed by atoms with van der Waals surface area (Å²) in [7, 11) is 0. The minimum absolute atomic E-state index is 0.226. The minimum atomic E-state index is -1.16. The molecule has 0 fully saturated rings. The van der Waals surface area contributed by atoms with Gasteiger partial charge >= 0.3 is 0 Å². The van der Waals surface area contributed by atoms with Crippen LogP contribution in [0.2, 0.25) is 5.02 Å². The molecule has 21 heavy (non-hydrogen) atoms. The second-order valence-electron chi connectivity index (χ2n) is 5.15. The summed E-state index contributed by atoms with van der Waals surface area (Å²) in [6, 6.07) is 7.44. The van der Waals surface area contributed by atoms with Crippen LogP contribution in [0.15, 0.2) is 36.4 Å². The molecule has 1 aromatic rings. The van der Waals surface area contributed by atoms with Crippen LogP contribution in [0.3, 0.4) is 0 Å². The first-order valence-electron chi connectivity index (χ1n) is 6.96. The number of halogens is 1. The van der Waals surface area contributed by atoms with E-state index in [9.17, 15) is 14.7 Å². The zero-order valence-electron chi connectivity index (χ0n) is 11.5. The number of amides is 1. The Hall–Kier alpha value is -1.81. The number of carboxylic acid groups (broad SMARTS) is 1. The van der Waals surface area contributed by atoms with Gasteiger partial charge in [0.15, 0.2) is 0 Å². The van der Waals surface area contributed by atoms with Crippen molar-refractivity contribution in [3.05, 3.63) is 47.0 Å². The Balaban J connectivity index is 1.86. The van der Waals surface area contributed by atoms with Crippen molar-refractivity contribution >= 4 is 23.5 Å². The standard InChI is InChI=1S/C16H18ClNO3/c17-12-5-3-4-11(10-12)8-9-18-15(19)13-6-1-2-7-14(13)16(20)21/h1-5,10,13-14H,6-9H2,(H,18,19)(H,20,21)/p-1/t13-,14-/m1/s1. The molecule has 0 saturated heterocycles. The van der Waals surface area contributed by atoms with Gasteiger partial charge in [-0.3, -0.25) is 4.79 Å². The van der Waals surface area contributed by atoms with Crippen LogP contribution in [0.4, 0.5) is 0 Å². The number of allylic oxidation sites excluding steroid dienone is 2. The van der Waals surface area contributed by atoms with Crippen LogP contribution in [0.1, 0.15) is 18.4 Å². The SMILES string of the molecule is O=C([O-])[C@@H]1CC=CC[C@H]1C(=O)NCCc1cccc(Cl)c1. The largest absolute Gasteiger partial charge is 0.550 e. The topological polar surface area (TPSA) is 69.2 Å². The molecule has 0 radical (unpaired) electrons. The van der Waals surface area contributed by atoms with E-state index in [0.717, 1.165) is 5.56 Å². The molecule has 1 aliphatic carbocycles. The van der Waals surface area contributed by atoms with E-state index < -0.39 is 17.8 Å². The molecule has 0 aromatic heterocycles. The summed E-state index contributed by atoms with van der Waals surface area (Å²) >= 11 is 5.89. The number of carboxylic acids is 1. The minimum Gasteiger partial charge on any atom is -0.550 e. The first-order valence-corrected chi connectivity index (χ1v) is 7.33. The molecule has 0 aliphatic heterocycles. The number of carbonyl (C=O) groups excluding carboxylic acids is 2. The van der Waals surface area contributed by atoms with Crippen molar-refractivity contribution in [1.82, 2.24) is 5.32 Å². The van der Waals surface area contributed by atoms with Crippen molar-refractivity contribution in [1.29, 1.82) is 0 Å². The van der Waals surface area contributed by atoms with Crippen molar-refractivity contribution in [2.75, 3.05) is 6.54 Å². The van der Waals surface area contributed by atoms with Gasteiger partial charge in [0.25, 0.3) is 0 Å². The smallest absolute Gasteiger partial charge is 0.224 e. The summed E-state index contributed by atoms with van der Waals surface area (Å²) in [4.78, 5) is 23.2. The van der Waals surface area contributed by atoms with Gasteiger partial charge in [-0.05, 0) is 37.0 Å². The van der Waals surface area contributed by atoms with Gasteiger partial charge in [0.05, 0.1) is 0 Å². The molecule has 0 unspecified atom stereocenters. The second kappa shape index (κ2) is 7.27. The number of hydrogen-bond donors (Lipinski definition) is 1. The first-order chi connectivity index (χ1) is 10.1. The third-order valence-electron chi connectivity index (χ3n) is 3.67. The van der Waals surface area contributed by atoms with Crippen molar-refractivity contribution in [3.63, 3.8) is 0 Å². The van der Waals surface area contributed by atoms with Crippen LogP contribution in [-0.4, -0.2) is 18.4 Å². The van der Waals surface area contributed by atoms with Crippen LogP contribution in [-0.2, 0) is 16.0 Å². The summed E-state index contributed by atoms with van der Waals surface area (Å²) in [6.07, 6.45) is 5.10. The number of aliphatic carboxylic acids is 1. The highest BCUT2D eigenvalue weighted by molar-refractivity contribution is 6.30. The lowest BCUT2D eigenvalue weighted by Crippen LogP contribution is -2.44. The van der Waals surface area contributed by atoms with Gasteiger partial charge in [-0.2, -0.15) is 0 Å². The summed E-state index contributed by atoms with van der Waals surface area (Å²) < 4.78 is 0. The van der Waals surface area contributed by atoms with Gasteiger partial charge in [0.1, 0.15) is 0 Å². The monoisotopic (exact) mass is 306 g/mol. The second-order valence-corrected chi connectivity index (χ2v) is 5.58. The average Bonchev–Trinajstić information content (AvgIpc) is 2.47. The van der Waals surface area contributed by atoms with Gasteiger partial charge in [0, 0.05) is 29.4 Å². The van der Waals surface area contributed by atoms with Crippen molar-refractivity contribution in [3.8, 4) is 0 Å². The van der Waals surface area contributed by atoms with Gasteiger partial charge in [-0.25, -0.2) is 0 Å². The predicted octanol–water partition coefficient (Wildman–Crippen LogP) is 1.33. The fourth-order valence-electron chi connectivity index (χ4n) is 2.52. The Morgan fingerprint density at radius 2 is 1.95 bits per heavy atom. The molecule has 1 amide bonds. The van der Waals surface area contributed by atoms with E-state index >= 15 is 0 Å². The summed E-state index contributed by atoms with van der Waals surface area (Å²) in [6.45, 7) is 0.457. The predicted molar refractivity (Wildman–Crippen MR) is 78.5 cm³/mol. The lowest BCUT2D eigenvalue weighted by Gasteiger charge is -2.28. The van der Waals surface area contributed by atoms with Crippen molar-refractivity contribution < 1.29 is 14.7 Å². The number of rotatable bonds is 5. The van der Waals surface area contributed by atoms with Gasteiger partial charge in [-0.15, -0.1) is 0 Å². The molecule has 2 rings (SSSR count). The van der Waals surface area contributed by atoms with E-state index in [4.69, 9.17) is 11.6 Å². The molecule has 0 saturated carbocycles. The maximum atomic E-state index is 12.1. The normalized spacial score (nSPS) is 21.0. The Kier molecular flexibility index (Phi) is 5.39. The van der Waals surface area contributed by atoms with Gasteiger partial charge in [0.2, 0.25) is 5.91 Å². The third-order valence-corrected chi connectivity index (χ3v) is 3.91. The van der Waals surface area contributed by atoms with E-state index in [1.54, 1.807) is 12.1 Å². The maximum Gasteiger partial charge on any atom is 0.224 e. The fourth-order valence-corrected chi connectivity index (χ4v) is 2.73. The van der Waals surface area contributed by atoms with E-state index in [-0.39, 0.29) is 5.91 Å². The fraction of sp³-hybridized carbons (Fsp3) is 0.375. The maximum absolute atomic E-state index is 12.1. The lowest BCUT2D eigenvalue weighted by molar-refractivity contribution is -0.313. The molecule has 0 spiro atoms. The average molecular weight is 307 g/mol. The molecule has 5 heteroatoms. The lowest BCUT2D eigenvalue weighted by atomic mass is 9.82. The molecule has 0 bridgehead atoms. The van der Waals surface area contributed by atoms with Crippen molar-refractivity contribution in [2.24, 2.45) is 11.8 Å². The molecule has 4 nitrogen and oxygen atoms in total. The van der Waals surface area contributed by atoms with Crippen LogP contribution in [0.25, 0.3) is 0 Å². The quantitative estimate of drug-likeness (QED) is 0.834. The molecule has 112 valence electrons.